The average Bonchev–Trinajstić information content (AvgIpc) is 2.91. The summed E-state index contributed by atoms with van der Waals surface area (Å²) in [6.07, 6.45) is 2.70. The fraction of sp³-hybridized carbons (Fsp3) is 0.529. The van der Waals surface area contributed by atoms with Gasteiger partial charge in [0, 0.05) is 49.5 Å². The molecule has 1 atom stereocenters. The van der Waals surface area contributed by atoms with E-state index in [1.807, 2.05) is 0 Å². The summed E-state index contributed by atoms with van der Waals surface area (Å²) < 4.78 is 14.3. The average molecular weight is 397 g/mol. The molecule has 1 aromatic carbocycles. The molecule has 2 saturated heterocycles. The van der Waals surface area contributed by atoms with Crippen LogP contribution in [0.5, 0.6) is 0 Å². The number of carbonyl (C=O) groups excluding carboxylic acids is 1. The summed E-state index contributed by atoms with van der Waals surface area (Å²) in [5.41, 5.74) is 0.868. The van der Waals surface area contributed by atoms with Gasteiger partial charge in [-0.1, -0.05) is 15.9 Å². The van der Waals surface area contributed by atoms with Crippen molar-refractivity contribution in [3.63, 3.8) is 0 Å². The first-order valence-electron chi connectivity index (χ1n) is 8.18. The molecule has 0 bridgehead atoms. The molecule has 0 aromatic heterocycles. The number of rotatable bonds is 2. The second-order valence-corrected chi connectivity index (χ2v) is 7.47. The van der Waals surface area contributed by atoms with Crippen molar-refractivity contribution in [1.82, 2.24) is 15.5 Å². The van der Waals surface area contributed by atoms with Gasteiger partial charge in [0.25, 0.3) is 0 Å². The van der Waals surface area contributed by atoms with Gasteiger partial charge in [-0.15, -0.1) is 0 Å². The molecule has 3 rings (SSSR count). The first-order chi connectivity index (χ1) is 11.5. The predicted molar refractivity (Wildman–Crippen MR) is 95.2 cm³/mol. The number of likely N-dealkylation sites (tertiary alicyclic amines) is 1. The Labute approximate surface area is 149 Å². The van der Waals surface area contributed by atoms with Crippen molar-refractivity contribution in [2.75, 3.05) is 26.7 Å². The van der Waals surface area contributed by atoms with E-state index in [2.05, 4.69) is 36.5 Å². The fourth-order valence-corrected chi connectivity index (χ4v) is 4.00. The van der Waals surface area contributed by atoms with Crippen molar-refractivity contribution < 1.29 is 9.18 Å². The van der Waals surface area contributed by atoms with E-state index in [0.29, 0.717) is 13.0 Å². The van der Waals surface area contributed by atoms with Crippen LogP contribution in [-0.4, -0.2) is 43.4 Å². The lowest BCUT2D eigenvalue weighted by Gasteiger charge is -2.40. The zero-order valence-electron chi connectivity index (χ0n) is 13.7. The van der Waals surface area contributed by atoms with Crippen LogP contribution in [0.2, 0.25) is 0 Å². The molecule has 7 heteroatoms. The van der Waals surface area contributed by atoms with Crippen LogP contribution in [0, 0.1) is 11.2 Å². The molecule has 0 radical (unpaired) electrons. The van der Waals surface area contributed by atoms with E-state index in [9.17, 15) is 9.18 Å². The Hall–Kier alpha value is -1.63. The standard InChI is InChI=1S/C17H22BrFN4O/c1-20-16(21-9-12-7-13(19)3-4-14(12)18)23-6-2-5-17(11-23)8-15(24)22-10-17/h3-4,7H,2,5-6,8-11H2,1H3,(H,20,21)(H,22,24). The second-order valence-electron chi connectivity index (χ2n) is 6.62. The van der Waals surface area contributed by atoms with Gasteiger partial charge in [-0.3, -0.25) is 9.79 Å². The summed E-state index contributed by atoms with van der Waals surface area (Å²) in [6, 6.07) is 4.66. The Morgan fingerprint density at radius 3 is 3.08 bits per heavy atom. The number of guanidine groups is 1. The third-order valence-corrected chi connectivity index (χ3v) is 5.59. The molecule has 5 nitrogen and oxygen atoms in total. The van der Waals surface area contributed by atoms with Gasteiger partial charge in [-0.2, -0.15) is 0 Å². The summed E-state index contributed by atoms with van der Waals surface area (Å²) in [5, 5.41) is 6.27. The number of carbonyl (C=O) groups is 1. The lowest BCUT2D eigenvalue weighted by atomic mass is 9.79. The van der Waals surface area contributed by atoms with Crippen LogP contribution in [-0.2, 0) is 11.3 Å². The van der Waals surface area contributed by atoms with Crippen LogP contribution in [0.25, 0.3) is 0 Å². The van der Waals surface area contributed by atoms with Crippen LogP contribution >= 0.6 is 15.9 Å². The first-order valence-corrected chi connectivity index (χ1v) is 8.97. The van der Waals surface area contributed by atoms with Crippen molar-refractivity contribution in [2.45, 2.75) is 25.8 Å². The van der Waals surface area contributed by atoms with Crippen LogP contribution in [0.4, 0.5) is 4.39 Å². The molecule has 1 amide bonds. The van der Waals surface area contributed by atoms with Crippen LogP contribution in [0.3, 0.4) is 0 Å². The molecule has 2 fully saturated rings. The van der Waals surface area contributed by atoms with Crippen LogP contribution < -0.4 is 10.6 Å². The Balaban J connectivity index is 1.66. The molecule has 2 heterocycles. The van der Waals surface area contributed by atoms with Gasteiger partial charge >= 0.3 is 0 Å². The second kappa shape index (κ2) is 7.09. The summed E-state index contributed by atoms with van der Waals surface area (Å²) in [7, 11) is 1.75. The molecule has 2 aliphatic rings. The minimum Gasteiger partial charge on any atom is -0.355 e. The van der Waals surface area contributed by atoms with Gasteiger partial charge in [0.1, 0.15) is 5.82 Å². The topological polar surface area (TPSA) is 56.7 Å². The molecule has 2 aliphatic heterocycles. The van der Waals surface area contributed by atoms with Crippen molar-refractivity contribution in [3.05, 3.63) is 34.1 Å². The highest BCUT2D eigenvalue weighted by Gasteiger charge is 2.42. The van der Waals surface area contributed by atoms with Crippen molar-refractivity contribution >= 4 is 27.8 Å². The maximum Gasteiger partial charge on any atom is 0.220 e. The molecule has 1 spiro atoms. The zero-order valence-corrected chi connectivity index (χ0v) is 15.3. The van der Waals surface area contributed by atoms with Gasteiger partial charge in [0.2, 0.25) is 5.91 Å². The van der Waals surface area contributed by atoms with Gasteiger partial charge < -0.3 is 15.5 Å². The summed E-state index contributed by atoms with van der Waals surface area (Å²) in [5.74, 6) is 0.686. The number of hydrogen-bond acceptors (Lipinski definition) is 2. The van der Waals surface area contributed by atoms with Crippen molar-refractivity contribution in [3.8, 4) is 0 Å². The van der Waals surface area contributed by atoms with Crippen LogP contribution in [0.15, 0.2) is 27.7 Å². The third-order valence-electron chi connectivity index (χ3n) is 4.81. The lowest BCUT2D eigenvalue weighted by molar-refractivity contribution is -0.119. The maximum absolute atomic E-state index is 13.4. The summed E-state index contributed by atoms with van der Waals surface area (Å²) >= 11 is 3.45. The summed E-state index contributed by atoms with van der Waals surface area (Å²) in [4.78, 5) is 18.2. The number of aliphatic imine (C=N–C) groups is 1. The largest absolute Gasteiger partial charge is 0.355 e. The highest BCUT2D eigenvalue weighted by atomic mass is 79.9. The number of nitrogens with one attached hydrogen (secondary N) is 2. The van der Waals surface area contributed by atoms with Gasteiger partial charge in [-0.25, -0.2) is 4.39 Å². The number of piperidine rings is 1. The number of halogens is 2. The number of benzene rings is 1. The molecule has 2 N–H and O–H groups in total. The number of amides is 1. The number of nitrogens with zero attached hydrogens (tertiary/aromatic N) is 2. The molecule has 1 unspecified atom stereocenters. The molecule has 1 aromatic rings. The number of hydrogen-bond donors (Lipinski definition) is 2. The normalized spacial score (nSPS) is 24.4. The maximum atomic E-state index is 13.4. The highest BCUT2D eigenvalue weighted by molar-refractivity contribution is 9.10. The summed E-state index contributed by atoms with van der Waals surface area (Å²) in [6.45, 7) is 2.97. The van der Waals surface area contributed by atoms with Gasteiger partial charge in [-0.05, 0) is 36.6 Å². The van der Waals surface area contributed by atoms with Gasteiger partial charge in [0.15, 0.2) is 5.96 Å². The SMILES string of the molecule is CN=C(NCc1cc(F)ccc1Br)N1CCCC2(CNC(=O)C2)C1. The molecular weight excluding hydrogens is 375 g/mol. The molecule has 0 aliphatic carbocycles. The monoisotopic (exact) mass is 396 g/mol. The third kappa shape index (κ3) is 3.71. The van der Waals surface area contributed by atoms with Crippen molar-refractivity contribution in [2.24, 2.45) is 10.4 Å². The Bertz CT molecular complexity index is 666. The van der Waals surface area contributed by atoms with E-state index >= 15 is 0 Å². The Morgan fingerprint density at radius 2 is 2.38 bits per heavy atom. The fourth-order valence-electron chi connectivity index (χ4n) is 3.61. The molecule has 24 heavy (non-hydrogen) atoms. The predicted octanol–water partition coefficient (Wildman–Crippen LogP) is 2.27. The smallest absolute Gasteiger partial charge is 0.220 e. The lowest BCUT2D eigenvalue weighted by Crippen LogP contribution is -2.51. The van der Waals surface area contributed by atoms with E-state index in [4.69, 9.17) is 0 Å². The zero-order chi connectivity index (χ0) is 17.2. The molecular formula is C17H22BrFN4O. The van der Waals surface area contributed by atoms with E-state index in [0.717, 1.165) is 48.5 Å². The Kier molecular flexibility index (Phi) is 5.08. The first kappa shape index (κ1) is 17.2. The van der Waals surface area contributed by atoms with Crippen LogP contribution in [0.1, 0.15) is 24.8 Å². The highest BCUT2D eigenvalue weighted by Crippen LogP contribution is 2.36. The molecule has 0 saturated carbocycles. The van der Waals surface area contributed by atoms with E-state index in [1.165, 1.54) is 12.1 Å². The quantitative estimate of drug-likeness (QED) is 0.595. The minimum absolute atomic E-state index is 0.0202. The van der Waals surface area contributed by atoms with E-state index in [-0.39, 0.29) is 17.1 Å². The Morgan fingerprint density at radius 1 is 1.54 bits per heavy atom. The molecule has 130 valence electrons. The van der Waals surface area contributed by atoms with Crippen molar-refractivity contribution in [1.29, 1.82) is 0 Å². The van der Waals surface area contributed by atoms with E-state index in [1.54, 1.807) is 13.1 Å². The van der Waals surface area contributed by atoms with Gasteiger partial charge in [0.05, 0.1) is 0 Å². The minimum atomic E-state index is -0.252. The van der Waals surface area contributed by atoms with E-state index < -0.39 is 0 Å².